The first kappa shape index (κ1) is 21.6. The van der Waals surface area contributed by atoms with Gasteiger partial charge in [-0.15, -0.1) is 0 Å². The summed E-state index contributed by atoms with van der Waals surface area (Å²) in [4.78, 5) is 33.5. The maximum atomic E-state index is 13.4. The van der Waals surface area contributed by atoms with Crippen LogP contribution >= 0.6 is 0 Å². The molecule has 7 heteroatoms. The minimum absolute atomic E-state index is 0.0749. The molecule has 0 saturated carbocycles. The highest BCUT2D eigenvalue weighted by atomic mass is 19.1. The van der Waals surface area contributed by atoms with Crippen molar-refractivity contribution in [2.24, 2.45) is 0 Å². The number of carbonyl (C=O) groups is 2. The summed E-state index contributed by atoms with van der Waals surface area (Å²) in [6.07, 6.45) is 2.45. The highest BCUT2D eigenvalue weighted by Crippen LogP contribution is 2.23. The van der Waals surface area contributed by atoms with Crippen LogP contribution in [0.4, 0.5) is 4.39 Å². The molecule has 1 aliphatic heterocycles. The number of pyridine rings is 1. The number of halogens is 1. The fourth-order valence-corrected chi connectivity index (χ4v) is 3.94. The van der Waals surface area contributed by atoms with E-state index in [2.05, 4.69) is 15.2 Å². The summed E-state index contributed by atoms with van der Waals surface area (Å²) in [5, 5.41) is 3.05. The zero-order valence-corrected chi connectivity index (χ0v) is 17.7. The molecule has 3 aromatic rings. The molecule has 0 unspecified atom stereocenters. The van der Waals surface area contributed by atoms with Crippen molar-refractivity contribution in [2.45, 2.75) is 12.6 Å². The lowest BCUT2D eigenvalue weighted by Crippen LogP contribution is -2.52. The van der Waals surface area contributed by atoms with Gasteiger partial charge >= 0.3 is 0 Å². The third-order valence-electron chi connectivity index (χ3n) is 5.59. The van der Waals surface area contributed by atoms with Crippen LogP contribution in [0, 0.1) is 5.82 Å². The lowest BCUT2D eigenvalue weighted by molar-refractivity contribution is -0.127. The molecule has 1 aromatic heterocycles. The standard InChI is InChI=1S/C25H25FN4O2/c26-22-15-21(17-27-18-22)25(32)30-13-11-29(12-14-30)23(20-9-5-2-6-10-20)24(31)28-16-19-7-3-1-4-8-19/h1-10,15,17-18,23H,11-14,16H2,(H,28,31)/t23-/m1/s1. The van der Waals surface area contributed by atoms with Crippen LogP contribution in [0.5, 0.6) is 0 Å². The molecule has 32 heavy (non-hydrogen) atoms. The molecule has 1 fully saturated rings. The molecular formula is C25H25FN4O2. The molecule has 2 amide bonds. The third-order valence-corrected chi connectivity index (χ3v) is 5.59. The van der Waals surface area contributed by atoms with Crippen LogP contribution in [0.3, 0.4) is 0 Å². The molecule has 164 valence electrons. The number of piperazine rings is 1. The van der Waals surface area contributed by atoms with E-state index in [9.17, 15) is 14.0 Å². The number of rotatable bonds is 6. The Kier molecular flexibility index (Phi) is 6.87. The zero-order chi connectivity index (χ0) is 22.3. The molecule has 2 heterocycles. The Morgan fingerprint density at radius 2 is 1.59 bits per heavy atom. The van der Waals surface area contributed by atoms with E-state index in [4.69, 9.17) is 0 Å². The molecule has 6 nitrogen and oxygen atoms in total. The predicted molar refractivity (Wildman–Crippen MR) is 119 cm³/mol. The molecule has 0 aliphatic carbocycles. The average Bonchev–Trinajstić information content (AvgIpc) is 2.84. The molecule has 0 spiro atoms. The van der Waals surface area contributed by atoms with Gasteiger partial charge in [-0.3, -0.25) is 19.5 Å². The predicted octanol–water partition coefficient (Wildman–Crippen LogP) is 3.04. The fourth-order valence-electron chi connectivity index (χ4n) is 3.94. The quantitative estimate of drug-likeness (QED) is 0.650. The van der Waals surface area contributed by atoms with Crippen molar-refractivity contribution in [1.29, 1.82) is 0 Å². The molecule has 0 radical (unpaired) electrons. The van der Waals surface area contributed by atoms with Gasteiger partial charge in [0.1, 0.15) is 11.9 Å². The van der Waals surface area contributed by atoms with Crippen molar-refractivity contribution < 1.29 is 14.0 Å². The minimum atomic E-state index is -0.534. The molecule has 1 saturated heterocycles. The number of amides is 2. The number of aromatic nitrogens is 1. The summed E-state index contributed by atoms with van der Waals surface area (Å²) in [6, 6.07) is 20.2. The van der Waals surface area contributed by atoms with E-state index in [0.717, 1.165) is 17.3 Å². The lowest BCUT2D eigenvalue weighted by Gasteiger charge is -2.38. The molecule has 1 aliphatic rings. The van der Waals surface area contributed by atoms with Gasteiger partial charge in [0.05, 0.1) is 11.8 Å². The van der Waals surface area contributed by atoms with Crippen LogP contribution in [0.15, 0.2) is 79.1 Å². The van der Waals surface area contributed by atoms with Crippen molar-refractivity contribution in [3.8, 4) is 0 Å². The van der Waals surface area contributed by atoms with Gasteiger partial charge in [-0.05, 0) is 17.2 Å². The summed E-state index contributed by atoms with van der Waals surface area (Å²) < 4.78 is 13.4. The molecule has 4 rings (SSSR count). The van der Waals surface area contributed by atoms with Crippen molar-refractivity contribution >= 4 is 11.8 Å². The second-order valence-electron chi connectivity index (χ2n) is 7.74. The van der Waals surface area contributed by atoms with E-state index in [0.29, 0.717) is 32.7 Å². The summed E-state index contributed by atoms with van der Waals surface area (Å²) in [5.74, 6) is -0.857. The van der Waals surface area contributed by atoms with Crippen LogP contribution in [0.1, 0.15) is 27.5 Å². The molecule has 1 N–H and O–H groups in total. The number of hydrogen-bond acceptors (Lipinski definition) is 4. The van der Waals surface area contributed by atoms with Crippen LogP contribution in [-0.4, -0.2) is 52.8 Å². The van der Waals surface area contributed by atoms with E-state index >= 15 is 0 Å². The average molecular weight is 432 g/mol. The Morgan fingerprint density at radius 1 is 0.938 bits per heavy atom. The van der Waals surface area contributed by atoms with Crippen molar-refractivity contribution in [3.05, 3.63) is 102 Å². The first-order valence-electron chi connectivity index (χ1n) is 10.6. The van der Waals surface area contributed by atoms with E-state index in [1.807, 2.05) is 60.7 Å². The number of hydrogen-bond donors (Lipinski definition) is 1. The van der Waals surface area contributed by atoms with E-state index in [1.54, 1.807) is 4.90 Å². The Hall–Kier alpha value is -3.58. The van der Waals surface area contributed by atoms with Crippen LogP contribution in [-0.2, 0) is 11.3 Å². The van der Waals surface area contributed by atoms with E-state index < -0.39 is 11.9 Å². The zero-order valence-electron chi connectivity index (χ0n) is 17.7. The summed E-state index contributed by atoms with van der Waals surface area (Å²) >= 11 is 0. The second-order valence-corrected chi connectivity index (χ2v) is 7.74. The largest absolute Gasteiger partial charge is 0.350 e. The van der Waals surface area contributed by atoms with E-state index in [-0.39, 0.29) is 17.4 Å². The van der Waals surface area contributed by atoms with Crippen molar-refractivity contribution in [3.63, 3.8) is 0 Å². The fraction of sp³-hybridized carbons (Fsp3) is 0.240. The normalized spacial score (nSPS) is 15.2. The smallest absolute Gasteiger partial charge is 0.255 e. The molecule has 2 aromatic carbocycles. The number of nitrogens with one attached hydrogen (secondary N) is 1. The Bertz CT molecular complexity index is 1050. The number of nitrogens with zero attached hydrogens (tertiary/aromatic N) is 3. The van der Waals surface area contributed by atoms with Gasteiger partial charge in [0, 0.05) is 38.9 Å². The minimum Gasteiger partial charge on any atom is -0.350 e. The van der Waals surface area contributed by atoms with Gasteiger partial charge in [-0.1, -0.05) is 60.7 Å². The van der Waals surface area contributed by atoms with Gasteiger partial charge < -0.3 is 10.2 Å². The van der Waals surface area contributed by atoms with Gasteiger partial charge in [-0.25, -0.2) is 4.39 Å². The topological polar surface area (TPSA) is 65.5 Å². The van der Waals surface area contributed by atoms with Gasteiger partial charge in [0.15, 0.2) is 0 Å². The van der Waals surface area contributed by atoms with Gasteiger partial charge in [-0.2, -0.15) is 0 Å². The van der Waals surface area contributed by atoms with Crippen LogP contribution in [0.25, 0.3) is 0 Å². The number of benzene rings is 2. The highest BCUT2D eigenvalue weighted by Gasteiger charge is 2.31. The number of carbonyl (C=O) groups excluding carboxylic acids is 2. The van der Waals surface area contributed by atoms with E-state index in [1.165, 1.54) is 12.3 Å². The highest BCUT2D eigenvalue weighted by molar-refractivity contribution is 5.94. The summed E-state index contributed by atoms with van der Waals surface area (Å²) in [7, 11) is 0. The summed E-state index contributed by atoms with van der Waals surface area (Å²) in [5.41, 5.74) is 2.18. The van der Waals surface area contributed by atoms with Crippen LogP contribution < -0.4 is 5.32 Å². The molecular weight excluding hydrogens is 407 g/mol. The molecule has 0 bridgehead atoms. The van der Waals surface area contributed by atoms with Gasteiger partial charge in [0.25, 0.3) is 5.91 Å². The lowest BCUT2D eigenvalue weighted by atomic mass is 10.0. The first-order chi connectivity index (χ1) is 15.6. The maximum Gasteiger partial charge on any atom is 0.255 e. The Labute approximate surface area is 186 Å². The first-order valence-corrected chi connectivity index (χ1v) is 10.6. The van der Waals surface area contributed by atoms with Crippen molar-refractivity contribution in [1.82, 2.24) is 20.1 Å². The summed E-state index contributed by atoms with van der Waals surface area (Å²) in [6.45, 7) is 2.42. The monoisotopic (exact) mass is 432 g/mol. The van der Waals surface area contributed by atoms with Crippen molar-refractivity contribution in [2.75, 3.05) is 26.2 Å². The Morgan fingerprint density at radius 3 is 2.25 bits per heavy atom. The maximum absolute atomic E-state index is 13.4. The van der Waals surface area contributed by atoms with Gasteiger partial charge in [0.2, 0.25) is 5.91 Å². The second kappa shape index (κ2) is 10.2. The third kappa shape index (κ3) is 5.18. The van der Waals surface area contributed by atoms with Crippen LogP contribution in [0.2, 0.25) is 0 Å². The molecule has 1 atom stereocenters. The SMILES string of the molecule is O=C(NCc1ccccc1)[C@@H](c1ccccc1)N1CCN(C(=O)c2cncc(F)c2)CC1. The Balaban J connectivity index is 1.44.